The molecule has 0 aromatic heterocycles. The van der Waals surface area contributed by atoms with E-state index in [4.69, 9.17) is 10.5 Å². The van der Waals surface area contributed by atoms with Gasteiger partial charge in [-0.2, -0.15) is 0 Å². The average Bonchev–Trinajstić information content (AvgIpc) is 1.79. The zero-order chi connectivity index (χ0) is 8.70. The van der Waals surface area contributed by atoms with E-state index in [9.17, 15) is 0 Å². The quantitative estimate of drug-likeness (QED) is 0.626. The lowest BCUT2D eigenvalue weighted by molar-refractivity contribution is -0.138. The van der Waals surface area contributed by atoms with Crippen LogP contribution in [0.5, 0.6) is 0 Å². The Hall–Kier alpha value is -0.0800. The molecule has 0 spiro atoms. The maximum Gasteiger partial charge on any atom is 0.0780 e. The van der Waals surface area contributed by atoms with Gasteiger partial charge in [0.05, 0.1) is 18.2 Å². The van der Waals surface area contributed by atoms with Crippen LogP contribution in [0, 0.1) is 5.41 Å². The van der Waals surface area contributed by atoms with E-state index in [1.165, 1.54) is 0 Å². The first kappa shape index (κ1) is 9.01. The van der Waals surface area contributed by atoms with Crippen molar-refractivity contribution in [2.75, 3.05) is 6.61 Å². The molecule has 1 rings (SSSR count). The minimum absolute atomic E-state index is 0.0761. The molecule has 2 atom stereocenters. The molecular formula is C9H19NO. The third-order valence-corrected chi connectivity index (χ3v) is 2.13. The molecule has 2 nitrogen and oxygen atoms in total. The molecule has 0 bridgehead atoms. The number of nitrogens with two attached hydrogens (primary N) is 1. The third-order valence-electron chi connectivity index (χ3n) is 2.13. The molecule has 0 aromatic carbocycles. The second-order valence-electron chi connectivity index (χ2n) is 5.07. The van der Waals surface area contributed by atoms with Gasteiger partial charge in [-0.1, -0.05) is 20.8 Å². The van der Waals surface area contributed by atoms with Crippen molar-refractivity contribution in [3.8, 4) is 0 Å². The predicted molar refractivity (Wildman–Crippen MR) is 46.4 cm³/mol. The van der Waals surface area contributed by atoms with Crippen LogP contribution >= 0.6 is 0 Å². The molecule has 0 radical (unpaired) electrons. The van der Waals surface area contributed by atoms with Gasteiger partial charge in [0.15, 0.2) is 0 Å². The standard InChI is InChI=1S/C9H19NO/c1-8(2,3)5-7-9(4,10)6-11-7/h7H,5-6,10H2,1-4H3. The predicted octanol–water partition coefficient (Wildman–Crippen LogP) is 1.54. The summed E-state index contributed by atoms with van der Waals surface area (Å²) in [6, 6.07) is 0. The lowest BCUT2D eigenvalue weighted by atomic mass is 9.79. The molecule has 0 aromatic rings. The highest BCUT2D eigenvalue weighted by Crippen LogP contribution is 2.32. The van der Waals surface area contributed by atoms with E-state index >= 15 is 0 Å². The first-order valence-electron chi connectivity index (χ1n) is 4.22. The molecular weight excluding hydrogens is 138 g/mol. The van der Waals surface area contributed by atoms with Crippen molar-refractivity contribution in [1.29, 1.82) is 0 Å². The number of rotatable bonds is 1. The Labute approximate surface area is 69.1 Å². The monoisotopic (exact) mass is 157 g/mol. The summed E-state index contributed by atoms with van der Waals surface area (Å²) >= 11 is 0. The molecule has 11 heavy (non-hydrogen) atoms. The lowest BCUT2D eigenvalue weighted by Gasteiger charge is -2.46. The van der Waals surface area contributed by atoms with E-state index in [-0.39, 0.29) is 11.6 Å². The van der Waals surface area contributed by atoms with Crippen molar-refractivity contribution in [1.82, 2.24) is 0 Å². The summed E-state index contributed by atoms with van der Waals surface area (Å²) in [5, 5.41) is 0. The van der Waals surface area contributed by atoms with Crippen LogP contribution in [0.1, 0.15) is 34.1 Å². The second-order valence-corrected chi connectivity index (χ2v) is 5.07. The summed E-state index contributed by atoms with van der Waals surface area (Å²) in [7, 11) is 0. The van der Waals surface area contributed by atoms with Gasteiger partial charge in [0.25, 0.3) is 0 Å². The summed E-state index contributed by atoms with van der Waals surface area (Å²) < 4.78 is 5.40. The van der Waals surface area contributed by atoms with Crippen molar-refractivity contribution in [2.24, 2.45) is 11.1 Å². The first-order valence-corrected chi connectivity index (χ1v) is 4.22. The maximum absolute atomic E-state index is 5.95. The van der Waals surface area contributed by atoms with E-state index in [1.807, 2.05) is 0 Å². The molecule has 2 unspecified atom stereocenters. The van der Waals surface area contributed by atoms with Gasteiger partial charge >= 0.3 is 0 Å². The van der Waals surface area contributed by atoms with Gasteiger partial charge < -0.3 is 10.5 Å². The molecule has 0 aliphatic carbocycles. The van der Waals surface area contributed by atoms with Crippen molar-refractivity contribution in [2.45, 2.75) is 45.8 Å². The smallest absolute Gasteiger partial charge is 0.0780 e. The highest BCUT2D eigenvalue weighted by Gasteiger charge is 2.42. The molecule has 0 amide bonds. The van der Waals surface area contributed by atoms with E-state index in [0.717, 1.165) is 6.42 Å². The Morgan fingerprint density at radius 3 is 2.18 bits per heavy atom. The largest absolute Gasteiger partial charge is 0.374 e. The topological polar surface area (TPSA) is 35.2 Å². The Morgan fingerprint density at radius 2 is 2.09 bits per heavy atom. The van der Waals surface area contributed by atoms with Gasteiger partial charge in [-0.3, -0.25) is 0 Å². The zero-order valence-electron chi connectivity index (χ0n) is 7.98. The first-order chi connectivity index (χ1) is 4.81. The van der Waals surface area contributed by atoms with Crippen molar-refractivity contribution in [3.63, 3.8) is 0 Å². The van der Waals surface area contributed by atoms with E-state index in [0.29, 0.717) is 12.0 Å². The maximum atomic E-state index is 5.95. The minimum Gasteiger partial charge on any atom is -0.374 e. The molecule has 1 fully saturated rings. The van der Waals surface area contributed by atoms with Gasteiger partial charge in [0.2, 0.25) is 0 Å². The van der Waals surface area contributed by atoms with Crippen LogP contribution in [-0.2, 0) is 4.74 Å². The summed E-state index contributed by atoms with van der Waals surface area (Å²) in [6.45, 7) is 9.42. The second kappa shape index (κ2) is 2.46. The van der Waals surface area contributed by atoms with Crippen molar-refractivity contribution in [3.05, 3.63) is 0 Å². The van der Waals surface area contributed by atoms with Gasteiger partial charge in [-0.25, -0.2) is 0 Å². The molecule has 1 heterocycles. The van der Waals surface area contributed by atoms with E-state index < -0.39 is 0 Å². The third kappa shape index (κ3) is 2.17. The van der Waals surface area contributed by atoms with Crippen molar-refractivity contribution < 1.29 is 4.74 Å². The van der Waals surface area contributed by atoms with Crippen LogP contribution < -0.4 is 5.73 Å². The van der Waals surface area contributed by atoms with Crippen LogP contribution in [0.15, 0.2) is 0 Å². The van der Waals surface area contributed by atoms with Gasteiger partial charge in [-0.05, 0) is 18.8 Å². The fourth-order valence-electron chi connectivity index (χ4n) is 1.31. The van der Waals surface area contributed by atoms with E-state index in [1.54, 1.807) is 0 Å². The van der Waals surface area contributed by atoms with Crippen molar-refractivity contribution >= 4 is 0 Å². The molecule has 2 heteroatoms. The Morgan fingerprint density at radius 1 is 1.55 bits per heavy atom. The molecule has 1 aliphatic rings. The lowest BCUT2D eigenvalue weighted by Crippen LogP contribution is -2.63. The Kier molecular flexibility index (Phi) is 2.01. The van der Waals surface area contributed by atoms with Crippen LogP contribution in [0.2, 0.25) is 0 Å². The molecule has 1 saturated heterocycles. The molecule has 66 valence electrons. The highest BCUT2D eigenvalue weighted by atomic mass is 16.5. The van der Waals surface area contributed by atoms with Gasteiger partial charge in [0, 0.05) is 0 Å². The number of hydrogen-bond acceptors (Lipinski definition) is 2. The summed E-state index contributed by atoms with van der Waals surface area (Å²) in [6.07, 6.45) is 1.32. The van der Waals surface area contributed by atoms with E-state index in [2.05, 4.69) is 27.7 Å². The fraction of sp³-hybridized carbons (Fsp3) is 1.00. The van der Waals surface area contributed by atoms with Gasteiger partial charge in [-0.15, -0.1) is 0 Å². The number of hydrogen-bond donors (Lipinski definition) is 1. The highest BCUT2D eigenvalue weighted by molar-refractivity contribution is 4.97. The number of ether oxygens (including phenoxy) is 1. The van der Waals surface area contributed by atoms with Crippen LogP contribution in [0.25, 0.3) is 0 Å². The molecule has 2 N–H and O–H groups in total. The zero-order valence-corrected chi connectivity index (χ0v) is 7.98. The Bertz CT molecular complexity index is 146. The Balaban J connectivity index is 2.40. The van der Waals surface area contributed by atoms with Crippen LogP contribution in [0.4, 0.5) is 0 Å². The average molecular weight is 157 g/mol. The van der Waals surface area contributed by atoms with Crippen LogP contribution in [-0.4, -0.2) is 18.2 Å². The normalized spacial score (nSPS) is 38.5. The SMILES string of the molecule is CC(C)(C)CC1OCC1(C)N. The minimum atomic E-state index is -0.0761. The molecule has 1 aliphatic heterocycles. The summed E-state index contributed by atoms with van der Waals surface area (Å²) in [5.74, 6) is 0. The molecule has 0 saturated carbocycles. The van der Waals surface area contributed by atoms with Crippen LogP contribution in [0.3, 0.4) is 0 Å². The fourth-order valence-corrected chi connectivity index (χ4v) is 1.31. The van der Waals surface area contributed by atoms with Gasteiger partial charge in [0.1, 0.15) is 0 Å². The summed E-state index contributed by atoms with van der Waals surface area (Å²) in [5.41, 5.74) is 6.20. The summed E-state index contributed by atoms with van der Waals surface area (Å²) in [4.78, 5) is 0.